The first kappa shape index (κ1) is 16.3. The molecule has 4 heteroatoms. The topological polar surface area (TPSA) is 31.5 Å². The lowest BCUT2D eigenvalue weighted by Crippen LogP contribution is -2.29. The summed E-state index contributed by atoms with van der Waals surface area (Å²) in [6.07, 6.45) is 7.44. The van der Waals surface area contributed by atoms with Crippen LogP contribution < -0.4 is 4.74 Å². The van der Waals surface area contributed by atoms with E-state index in [1.165, 1.54) is 55.2 Å². The minimum absolute atomic E-state index is 0.770. The van der Waals surface area contributed by atoms with Gasteiger partial charge in [0.05, 0.1) is 5.52 Å². The fourth-order valence-electron chi connectivity index (χ4n) is 3.42. The maximum Gasteiger partial charge on any atom is 0.125 e. The Morgan fingerprint density at radius 2 is 1.87 bits per heavy atom. The number of benzene rings is 1. The molecule has 1 aromatic carbocycles. The van der Waals surface area contributed by atoms with E-state index in [4.69, 9.17) is 4.74 Å². The van der Waals surface area contributed by atoms with Crippen LogP contribution >= 0.6 is 0 Å². The number of fused-ring (bicyclic) bond motifs is 1. The van der Waals surface area contributed by atoms with Crippen molar-refractivity contribution in [1.82, 2.24) is 14.8 Å². The summed E-state index contributed by atoms with van der Waals surface area (Å²) in [4.78, 5) is 8.10. The predicted molar refractivity (Wildman–Crippen MR) is 96.1 cm³/mol. The van der Waals surface area contributed by atoms with Gasteiger partial charge in [-0.3, -0.25) is 4.90 Å². The molecule has 23 heavy (non-hydrogen) atoms. The highest BCUT2D eigenvalue weighted by atomic mass is 16.5. The SMILES string of the molecule is CN(C)Cc1c(OCCN2CCCCCC2)ccc2cc[nH]c12. The lowest BCUT2D eigenvalue weighted by molar-refractivity contribution is 0.212. The predicted octanol–water partition coefficient (Wildman–Crippen LogP) is 3.48. The molecule has 0 aliphatic carbocycles. The first-order chi connectivity index (χ1) is 11.2. The standard InChI is InChI=1S/C19H29N3O/c1-21(2)15-17-18(8-7-16-9-10-20-19(16)17)23-14-13-22-11-5-3-4-6-12-22/h7-10,20H,3-6,11-15H2,1-2H3. The molecule has 1 N–H and O–H groups in total. The minimum atomic E-state index is 0.770. The molecular formula is C19H29N3O. The van der Waals surface area contributed by atoms with E-state index >= 15 is 0 Å². The van der Waals surface area contributed by atoms with Crippen molar-refractivity contribution in [2.24, 2.45) is 0 Å². The number of rotatable bonds is 6. The van der Waals surface area contributed by atoms with Crippen LogP contribution in [-0.4, -0.2) is 55.1 Å². The van der Waals surface area contributed by atoms with E-state index in [1.807, 2.05) is 6.20 Å². The van der Waals surface area contributed by atoms with Gasteiger partial charge in [-0.2, -0.15) is 0 Å². The Morgan fingerprint density at radius 3 is 2.61 bits per heavy atom. The monoisotopic (exact) mass is 315 g/mol. The molecule has 0 spiro atoms. The van der Waals surface area contributed by atoms with Gasteiger partial charge in [0.25, 0.3) is 0 Å². The number of hydrogen-bond acceptors (Lipinski definition) is 3. The zero-order chi connectivity index (χ0) is 16.1. The average Bonchev–Trinajstić information content (AvgIpc) is 2.85. The van der Waals surface area contributed by atoms with Crippen molar-refractivity contribution in [2.45, 2.75) is 32.2 Å². The number of hydrogen-bond donors (Lipinski definition) is 1. The van der Waals surface area contributed by atoms with Gasteiger partial charge in [0.2, 0.25) is 0 Å². The van der Waals surface area contributed by atoms with Crippen LogP contribution in [0, 0.1) is 0 Å². The van der Waals surface area contributed by atoms with Crippen LogP contribution in [0.15, 0.2) is 24.4 Å². The molecule has 0 radical (unpaired) electrons. The Balaban J connectivity index is 1.66. The van der Waals surface area contributed by atoms with Crippen LogP contribution in [0.2, 0.25) is 0 Å². The fraction of sp³-hybridized carbons (Fsp3) is 0.579. The Hall–Kier alpha value is -1.52. The van der Waals surface area contributed by atoms with Crippen LogP contribution in [0.4, 0.5) is 0 Å². The largest absolute Gasteiger partial charge is 0.492 e. The van der Waals surface area contributed by atoms with Crippen molar-refractivity contribution in [3.63, 3.8) is 0 Å². The third-order valence-electron chi connectivity index (χ3n) is 4.63. The first-order valence-corrected chi connectivity index (χ1v) is 8.83. The van der Waals surface area contributed by atoms with Crippen LogP contribution in [-0.2, 0) is 6.54 Å². The smallest absolute Gasteiger partial charge is 0.125 e. The van der Waals surface area contributed by atoms with E-state index in [0.717, 1.165) is 25.4 Å². The van der Waals surface area contributed by atoms with Crippen LogP contribution in [0.25, 0.3) is 10.9 Å². The van der Waals surface area contributed by atoms with Crippen LogP contribution in [0.3, 0.4) is 0 Å². The molecule has 1 aliphatic heterocycles. The molecule has 0 saturated carbocycles. The van der Waals surface area contributed by atoms with Crippen molar-refractivity contribution in [1.29, 1.82) is 0 Å². The summed E-state index contributed by atoms with van der Waals surface area (Å²) in [7, 11) is 4.20. The van der Waals surface area contributed by atoms with Gasteiger partial charge in [0.1, 0.15) is 12.4 Å². The number of ether oxygens (including phenoxy) is 1. The summed E-state index contributed by atoms with van der Waals surface area (Å²) in [6, 6.07) is 6.39. The maximum absolute atomic E-state index is 6.17. The Kier molecular flexibility index (Phi) is 5.57. The summed E-state index contributed by atoms with van der Waals surface area (Å²) >= 11 is 0. The molecule has 1 saturated heterocycles. The van der Waals surface area contributed by atoms with E-state index in [2.05, 4.69) is 47.1 Å². The van der Waals surface area contributed by atoms with E-state index in [-0.39, 0.29) is 0 Å². The average molecular weight is 315 g/mol. The van der Waals surface area contributed by atoms with Gasteiger partial charge in [-0.05, 0) is 63.6 Å². The van der Waals surface area contributed by atoms with Crippen LogP contribution in [0.5, 0.6) is 5.75 Å². The second kappa shape index (κ2) is 7.84. The van der Waals surface area contributed by atoms with Gasteiger partial charge in [0.15, 0.2) is 0 Å². The summed E-state index contributed by atoms with van der Waals surface area (Å²) in [5, 5.41) is 1.25. The lowest BCUT2D eigenvalue weighted by atomic mass is 10.1. The van der Waals surface area contributed by atoms with Gasteiger partial charge in [-0.15, -0.1) is 0 Å². The number of nitrogens with zero attached hydrogens (tertiary/aromatic N) is 2. The third kappa shape index (κ3) is 4.27. The lowest BCUT2D eigenvalue weighted by Gasteiger charge is -2.21. The van der Waals surface area contributed by atoms with Gasteiger partial charge >= 0.3 is 0 Å². The van der Waals surface area contributed by atoms with Crippen molar-refractivity contribution >= 4 is 10.9 Å². The van der Waals surface area contributed by atoms with E-state index in [9.17, 15) is 0 Å². The minimum Gasteiger partial charge on any atom is -0.492 e. The number of aromatic nitrogens is 1. The van der Waals surface area contributed by atoms with Crippen molar-refractivity contribution in [2.75, 3.05) is 40.3 Å². The van der Waals surface area contributed by atoms with E-state index in [0.29, 0.717) is 0 Å². The summed E-state index contributed by atoms with van der Waals surface area (Å²) in [6.45, 7) is 5.14. The molecule has 0 unspecified atom stereocenters. The molecule has 1 aliphatic rings. The molecular weight excluding hydrogens is 286 g/mol. The quantitative estimate of drug-likeness (QED) is 0.885. The van der Waals surface area contributed by atoms with Gasteiger partial charge < -0.3 is 14.6 Å². The summed E-state index contributed by atoms with van der Waals surface area (Å²) in [5.41, 5.74) is 2.46. The molecule has 0 amide bonds. The highest BCUT2D eigenvalue weighted by Gasteiger charge is 2.12. The second-order valence-electron chi connectivity index (χ2n) is 6.83. The number of likely N-dealkylation sites (tertiary alicyclic amines) is 1. The van der Waals surface area contributed by atoms with Gasteiger partial charge in [-0.25, -0.2) is 0 Å². The Bertz CT molecular complexity index is 612. The molecule has 126 valence electrons. The molecule has 1 aromatic heterocycles. The Morgan fingerprint density at radius 1 is 1.09 bits per heavy atom. The Labute approximate surface area is 139 Å². The zero-order valence-corrected chi connectivity index (χ0v) is 14.5. The van der Waals surface area contributed by atoms with Crippen molar-refractivity contribution in [3.05, 3.63) is 30.0 Å². The summed E-state index contributed by atoms with van der Waals surface area (Å²) in [5.74, 6) is 1.02. The maximum atomic E-state index is 6.17. The zero-order valence-electron chi connectivity index (χ0n) is 14.5. The first-order valence-electron chi connectivity index (χ1n) is 8.83. The molecule has 0 bridgehead atoms. The van der Waals surface area contributed by atoms with Crippen LogP contribution in [0.1, 0.15) is 31.2 Å². The molecule has 1 fully saturated rings. The highest BCUT2D eigenvalue weighted by Crippen LogP contribution is 2.28. The van der Waals surface area contributed by atoms with Gasteiger partial charge in [-0.1, -0.05) is 12.8 Å². The fourth-order valence-corrected chi connectivity index (χ4v) is 3.42. The molecule has 2 aromatic rings. The number of nitrogens with one attached hydrogen (secondary N) is 1. The third-order valence-corrected chi connectivity index (χ3v) is 4.63. The molecule has 2 heterocycles. The van der Waals surface area contributed by atoms with Crippen molar-refractivity contribution in [3.8, 4) is 5.75 Å². The number of H-pyrrole nitrogens is 1. The van der Waals surface area contributed by atoms with E-state index in [1.54, 1.807) is 0 Å². The summed E-state index contributed by atoms with van der Waals surface area (Å²) < 4.78 is 6.17. The normalized spacial score (nSPS) is 16.8. The molecule has 4 nitrogen and oxygen atoms in total. The van der Waals surface area contributed by atoms with E-state index < -0.39 is 0 Å². The van der Waals surface area contributed by atoms with Crippen molar-refractivity contribution < 1.29 is 4.74 Å². The second-order valence-corrected chi connectivity index (χ2v) is 6.83. The highest BCUT2D eigenvalue weighted by molar-refractivity contribution is 5.84. The van der Waals surface area contributed by atoms with Gasteiger partial charge in [0, 0.05) is 24.8 Å². The molecule has 0 atom stereocenters. The molecule has 3 rings (SSSR count). The number of aromatic amines is 1.